The van der Waals surface area contributed by atoms with Gasteiger partial charge in [0.1, 0.15) is 0 Å². The molecular weight excluding hydrogens is 348 g/mol. The van der Waals surface area contributed by atoms with Gasteiger partial charge >= 0.3 is 0 Å². The highest BCUT2D eigenvalue weighted by Crippen LogP contribution is 1.99. The summed E-state index contributed by atoms with van der Waals surface area (Å²) in [5, 5.41) is 0. The van der Waals surface area contributed by atoms with Gasteiger partial charge in [-0.15, -0.1) is 0 Å². The molecule has 0 unspecified atom stereocenters. The fourth-order valence-electron chi connectivity index (χ4n) is 2.11. The third-order valence-electron chi connectivity index (χ3n) is 3.61. The van der Waals surface area contributed by atoms with E-state index in [2.05, 4.69) is 6.92 Å². The lowest BCUT2D eigenvalue weighted by Crippen LogP contribution is -2.14. The van der Waals surface area contributed by atoms with Crippen LogP contribution in [0.2, 0.25) is 0 Å². The molecule has 0 spiro atoms. The van der Waals surface area contributed by atoms with Gasteiger partial charge in [0.15, 0.2) is 0 Å². The standard InChI is InChI=1S/C21H36O6/c1-2-3-9-22-10-11-23-12-13-24-14-15-25-16-17-26-18-19-27-20-21-7-5-4-6-8-21/h4-8H,2-3,9-20H2,1H3. The molecule has 0 radical (unpaired) electrons. The van der Waals surface area contributed by atoms with Crippen molar-refractivity contribution in [1.29, 1.82) is 0 Å². The van der Waals surface area contributed by atoms with E-state index in [-0.39, 0.29) is 0 Å². The first-order valence-electron chi connectivity index (χ1n) is 9.94. The number of ether oxygens (including phenoxy) is 6. The van der Waals surface area contributed by atoms with Crippen LogP contribution in [0.25, 0.3) is 0 Å². The lowest BCUT2D eigenvalue weighted by Gasteiger charge is -2.08. The fourth-order valence-corrected chi connectivity index (χ4v) is 2.11. The SMILES string of the molecule is CCCCOCCOCCOCCOCCOCCOCc1ccccc1. The van der Waals surface area contributed by atoms with Gasteiger partial charge < -0.3 is 28.4 Å². The first-order valence-corrected chi connectivity index (χ1v) is 9.94. The molecule has 6 nitrogen and oxygen atoms in total. The van der Waals surface area contributed by atoms with Crippen molar-refractivity contribution < 1.29 is 28.4 Å². The maximum absolute atomic E-state index is 5.54. The minimum Gasteiger partial charge on any atom is -0.379 e. The third kappa shape index (κ3) is 16.8. The predicted octanol–water partition coefficient (Wildman–Crippen LogP) is 3.09. The normalized spacial score (nSPS) is 11.1. The summed E-state index contributed by atoms with van der Waals surface area (Å²) in [5.41, 5.74) is 1.17. The molecule has 0 heterocycles. The highest BCUT2D eigenvalue weighted by atomic mass is 16.6. The van der Waals surface area contributed by atoms with Crippen LogP contribution in [0, 0.1) is 0 Å². The van der Waals surface area contributed by atoms with Gasteiger partial charge in [-0.2, -0.15) is 0 Å². The average Bonchev–Trinajstić information content (AvgIpc) is 2.70. The molecule has 0 N–H and O–H groups in total. The topological polar surface area (TPSA) is 55.4 Å². The van der Waals surface area contributed by atoms with Crippen molar-refractivity contribution in [2.24, 2.45) is 0 Å². The molecule has 0 aliphatic heterocycles. The van der Waals surface area contributed by atoms with Gasteiger partial charge in [0.25, 0.3) is 0 Å². The quantitative estimate of drug-likeness (QED) is 0.322. The van der Waals surface area contributed by atoms with Crippen LogP contribution in [0.1, 0.15) is 25.3 Å². The van der Waals surface area contributed by atoms with Gasteiger partial charge in [-0.05, 0) is 12.0 Å². The molecule has 1 aromatic carbocycles. The average molecular weight is 385 g/mol. The van der Waals surface area contributed by atoms with Crippen LogP contribution in [-0.2, 0) is 35.0 Å². The first kappa shape index (κ1) is 24.0. The Morgan fingerprint density at radius 1 is 0.519 bits per heavy atom. The molecule has 0 atom stereocenters. The fraction of sp³-hybridized carbons (Fsp3) is 0.714. The highest BCUT2D eigenvalue weighted by Gasteiger charge is 1.95. The molecule has 0 aliphatic rings. The minimum atomic E-state index is 0.563. The van der Waals surface area contributed by atoms with Crippen LogP contribution in [0.15, 0.2) is 30.3 Å². The summed E-state index contributed by atoms with van der Waals surface area (Å²) in [4.78, 5) is 0. The molecule has 0 fully saturated rings. The van der Waals surface area contributed by atoms with Gasteiger partial charge in [-0.3, -0.25) is 0 Å². The third-order valence-corrected chi connectivity index (χ3v) is 3.61. The number of benzene rings is 1. The van der Waals surface area contributed by atoms with Crippen molar-refractivity contribution in [2.45, 2.75) is 26.4 Å². The van der Waals surface area contributed by atoms with Crippen molar-refractivity contribution in [3.05, 3.63) is 35.9 Å². The second-order valence-electron chi connectivity index (χ2n) is 5.95. The Kier molecular flexibility index (Phi) is 17.6. The van der Waals surface area contributed by atoms with E-state index in [9.17, 15) is 0 Å². The van der Waals surface area contributed by atoms with Gasteiger partial charge in [0, 0.05) is 6.61 Å². The van der Waals surface area contributed by atoms with Crippen LogP contribution >= 0.6 is 0 Å². The summed E-state index contributed by atoms with van der Waals surface area (Å²) >= 11 is 0. The predicted molar refractivity (Wildman–Crippen MR) is 105 cm³/mol. The minimum absolute atomic E-state index is 0.563. The van der Waals surface area contributed by atoms with Crippen LogP contribution in [0.4, 0.5) is 0 Å². The van der Waals surface area contributed by atoms with Crippen molar-refractivity contribution in [2.75, 3.05) is 72.7 Å². The van der Waals surface area contributed by atoms with E-state index in [1.54, 1.807) is 0 Å². The number of unbranched alkanes of at least 4 members (excludes halogenated alkanes) is 1. The zero-order valence-corrected chi connectivity index (χ0v) is 16.7. The molecule has 0 aliphatic carbocycles. The summed E-state index contributed by atoms with van der Waals surface area (Å²) in [6, 6.07) is 10.1. The summed E-state index contributed by atoms with van der Waals surface area (Å²) in [5.74, 6) is 0. The van der Waals surface area contributed by atoms with E-state index in [1.807, 2.05) is 30.3 Å². The maximum atomic E-state index is 5.54. The molecule has 0 amide bonds. The summed E-state index contributed by atoms with van der Waals surface area (Å²) in [6.07, 6.45) is 2.27. The Morgan fingerprint density at radius 2 is 0.926 bits per heavy atom. The first-order chi connectivity index (χ1) is 13.4. The number of hydrogen-bond donors (Lipinski definition) is 0. The van der Waals surface area contributed by atoms with E-state index in [4.69, 9.17) is 28.4 Å². The Hall–Kier alpha value is -1.02. The largest absolute Gasteiger partial charge is 0.379 e. The smallest absolute Gasteiger partial charge is 0.0718 e. The molecule has 1 aromatic rings. The lowest BCUT2D eigenvalue weighted by molar-refractivity contribution is -0.0177. The zero-order chi connectivity index (χ0) is 19.3. The van der Waals surface area contributed by atoms with Crippen LogP contribution < -0.4 is 0 Å². The van der Waals surface area contributed by atoms with Crippen molar-refractivity contribution >= 4 is 0 Å². The molecule has 0 saturated carbocycles. The molecule has 6 heteroatoms. The summed E-state index contributed by atoms with van der Waals surface area (Å²) in [7, 11) is 0. The zero-order valence-electron chi connectivity index (χ0n) is 16.7. The Balaban J connectivity index is 1.67. The van der Waals surface area contributed by atoms with E-state index < -0.39 is 0 Å². The van der Waals surface area contributed by atoms with Gasteiger partial charge in [-0.1, -0.05) is 43.7 Å². The van der Waals surface area contributed by atoms with Crippen molar-refractivity contribution in [3.8, 4) is 0 Å². The summed E-state index contributed by atoms with van der Waals surface area (Å²) < 4.78 is 32.7. The van der Waals surface area contributed by atoms with Gasteiger partial charge in [0.2, 0.25) is 0 Å². The number of rotatable bonds is 20. The molecule has 0 saturated heterocycles. The second-order valence-corrected chi connectivity index (χ2v) is 5.95. The van der Waals surface area contributed by atoms with E-state index in [0.29, 0.717) is 72.7 Å². The Morgan fingerprint density at radius 3 is 1.37 bits per heavy atom. The van der Waals surface area contributed by atoms with Crippen molar-refractivity contribution in [3.63, 3.8) is 0 Å². The van der Waals surface area contributed by atoms with E-state index in [1.165, 1.54) is 5.56 Å². The van der Waals surface area contributed by atoms with E-state index >= 15 is 0 Å². The Labute approximate surface area is 164 Å². The lowest BCUT2D eigenvalue weighted by atomic mass is 10.2. The van der Waals surface area contributed by atoms with Gasteiger partial charge in [0.05, 0.1) is 72.7 Å². The Bertz CT molecular complexity index is 401. The van der Waals surface area contributed by atoms with E-state index in [0.717, 1.165) is 19.4 Å². The van der Waals surface area contributed by atoms with Crippen molar-refractivity contribution in [1.82, 2.24) is 0 Å². The van der Waals surface area contributed by atoms with Crippen LogP contribution in [0.3, 0.4) is 0 Å². The molecule has 0 bridgehead atoms. The molecule has 156 valence electrons. The monoisotopic (exact) mass is 384 g/mol. The second kappa shape index (κ2) is 19.7. The van der Waals surface area contributed by atoms with Gasteiger partial charge in [-0.25, -0.2) is 0 Å². The molecule has 27 heavy (non-hydrogen) atoms. The molecule has 0 aromatic heterocycles. The number of hydrogen-bond acceptors (Lipinski definition) is 6. The summed E-state index contributed by atoms with van der Waals surface area (Å²) in [6.45, 7) is 9.44. The molecule has 1 rings (SSSR count). The highest BCUT2D eigenvalue weighted by molar-refractivity contribution is 5.13. The van der Waals surface area contributed by atoms with Crippen LogP contribution in [0.5, 0.6) is 0 Å². The molecular formula is C21H36O6. The van der Waals surface area contributed by atoms with Crippen LogP contribution in [-0.4, -0.2) is 72.7 Å². The maximum Gasteiger partial charge on any atom is 0.0718 e.